The highest BCUT2D eigenvalue weighted by Crippen LogP contribution is 2.31. The van der Waals surface area contributed by atoms with E-state index in [-0.39, 0.29) is 0 Å². The van der Waals surface area contributed by atoms with Gasteiger partial charge in [-0.1, -0.05) is 31.4 Å². The Morgan fingerprint density at radius 2 is 2.04 bits per heavy atom. The molecule has 1 saturated carbocycles. The molecular formula is C21H33NO3S. The van der Waals surface area contributed by atoms with Crippen LogP contribution in [0.25, 0.3) is 0 Å². The molecule has 0 aromatic heterocycles. The first-order valence-electron chi connectivity index (χ1n) is 9.71. The van der Waals surface area contributed by atoms with E-state index in [1.807, 2.05) is 44.7 Å². The average Bonchev–Trinajstić information content (AvgIpc) is 2.59. The number of ether oxygens (including phenoxy) is 1. The predicted octanol–water partition coefficient (Wildman–Crippen LogP) is 5.31. The van der Waals surface area contributed by atoms with Gasteiger partial charge in [-0.05, 0) is 63.6 Å². The van der Waals surface area contributed by atoms with Gasteiger partial charge in [0.15, 0.2) is 0 Å². The van der Waals surface area contributed by atoms with Crippen LogP contribution in [0.5, 0.6) is 0 Å². The Morgan fingerprint density at radius 1 is 1.31 bits per heavy atom. The molecule has 1 amide bonds. The lowest BCUT2D eigenvalue weighted by Crippen LogP contribution is -2.33. The summed E-state index contributed by atoms with van der Waals surface area (Å²) in [7, 11) is 0. The van der Waals surface area contributed by atoms with Gasteiger partial charge >= 0.3 is 6.09 Å². The number of rotatable bonds is 7. The molecule has 26 heavy (non-hydrogen) atoms. The van der Waals surface area contributed by atoms with Crippen molar-refractivity contribution in [3.63, 3.8) is 0 Å². The molecule has 5 heteroatoms. The van der Waals surface area contributed by atoms with Crippen molar-refractivity contribution in [2.24, 2.45) is 5.92 Å². The Bertz CT molecular complexity index is 565. The number of nitrogens with one attached hydrogen (secondary N) is 1. The fourth-order valence-electron chi connectivity index (χ4n) is 3.17. The lowest BCUT2D eigenvalue weighted by atomic mass is 9.91. The number of carbonyl (C=O) groups is 1. The average molecular weight is 380 g/mol. The summed E-state index contributed by atoms with van der Waals surface area (Å²) < 4.78 is 5.20. The smallest absolute Gasteiger partial charge is 0.407 e. The maximum absolute atomic E-state index is 11.6. The van der Waals surface area contributed by atoms with Gasteiger partial charge in [0, 0.05) is 17.2 Å². The first kappa shape index (κ1) is 21.1. The molecular weight excluding hydrogens is 346 g/mol. The third kappa shape index (κ3) is 8.00. The van der Waals surface area contributed by atoms with E-state index in [0.717, 1.165) is 11.5 Å². The molecule has 0 spiro atoms. The quantitative estimate of drug-likeness (QED) is 0.631. The maximum Gasteiger partial charge on any atom is 0.407 e. The van der Waals surface area contributed by atoms with E-state index >= 15 is 0 Å². The van der Waals surface area contributed by atoms with Gasteiger partial charge in [0.1, 0.15) is 5.60 Å². The minimum atomic E-state index is -0.583. The molecule has 0 aliphatic heterocycles. The molecule has 146 valence electrons. The number of alkyl carbamates (subject to hydrolysis) is 1. The Morgan fingerprint density at radius 3 is 2.73 bits per heavy atom. The van der Waals surface area contributed by atoms with Gasteiger partial charge in [0.2, 0.25) is 0 Å². The number of aliphatic hydroxyl groups excluding tert-OH is 1. The summed E-state index contributed by atoms with van der Waals surface area (Å²) in [4.78, 5) is 12.9. The van der Waals surface area contributed by atoms with Crippen molar-refractivity contribution in [2.45, 2.75) is 75.9 Å². The van der Waals surface area contributed by atoms with E-state index in [1.165, 1.54) is 42.8 Å². The van der Waals surface area contributed by atoms with Crippen molar-refractivity contribution in [3.8, 4) is 0 Å². The SMILES string of the molecule is CC(C)(C)OC(=O)NCCC(O)c1cccc(SCC2CCCCC2)c1. The maximum atomic E-state index is 11.6. The summed E-state index contributed by atoms with van der Waals surface area (Å²) in [5.74, 6) is 2.00. The largest absolute Gasteiger partial charge is 0.444 e. The summed E-state index contributed by atoms with van der Waals surface area (Å²) in [6.45, 7) is 5.88. The van der Waals surface area contributed by atoms with Crippen molar-refractivity contribution in [1.82, 2.24) is 5.32 Å². The van der Waals surface area contributed by atoms with Crippen molar-refractivity contribution in [3.05, 3.63) is 29.8 Å². The number of carbonyl (C=O) groups excluding carboxylic acids is 1. The molecule has 1 aromatic carbocycles. The van der Waals surface area contributed by atoms with Crippen LogP contribution in [0.3, 0.4) is 0 Å². The van der Waals surface area contributed by atoms with Crippen molar-refractivity contribution in [1.29, 1.82) is 0 Å². The second-order valence-corrected chi connectivity index (χ2v) is 9.21. The van der Waals surface area contributed by atoms with Crippen LogP contribution in [0, 0.1) is 5.92 Å². The lowest BCUT2D eigenvalue weighted by Gasteiger charge is -2.21. The zero-order chi connectivity index (χ0) is 19.0. The Hall–Kier alpha value is -1.20. The van der Waals surface area contributed by atoms with Gasteiger partial charge in [-0.3, -0.25) is 0 Å². The lowest BCUT2D eigenvalue weighted by molar-refractivity contribution is 0.0518. The van der Waals surface area contributed by atoms with Gasteiger partial charge in [0.25, 0.3) is 0 Å². The van der Waals surface area contributed by atoms with Crippen LogP contribution >= 0.6 is 11.8 Å². The van der Waals surface area contributed by atoms with Gasteiger partial charge in [-0.15, -0.1) is 11.8 Å². The van der Waals surface area contributed by atoms with Crippen molar-refractivity contribution < 1.29 is 14.6 Å². The van der Waals surface area contributed by atoms with Crippen molar-refractivity contribution >= 4 is 17.9 Å². The van der Waals surface area contributed by atoms with Gasteiger partial charge in [-0.25, -0.2) is 4.79 Å². The molecule has 0 radical (unpaired) electrons. The Labute approximate surface area is 162 Å². The third-order valence-electron chi connectivity index (χ3n) is 4.54. The zero-order valence-electron chi connectivity index (χ0n) is 16.3. The molecule has 1 aliphatic carbocycles. The molecule has 1 atom stereocenters. The van der Waals surface area contributed by atoms with Crippen LogP contribution < -0.4 is 5.32 Å². The number of amides is 1. The summed E-state index contributed by atoms with van der Waals surface area (Å²) in [6.07, 6.45) is 6.28. The Balaban J connectivity index is 1.76. The summed E-state index contributed by atoms with van der Waals surface area (Å²) >= 11 is 1.89. The van der Waals surface area contributed by atoms with E-state index in [1.54, 1.807) is 0 Å². The molecule has 1 fully saturated rings. The molecule has 0 bridgehead atoms. The minimum absolute atomic E-state index is 0.384. The predicted molar refractivity (Wildman–Crippen MR) is 108 cm³/mol. The monoisotopic (exact) mass is 379 g/mol. The van der Waals surface area contributed by atoms with E-state index in [9.17, 15) is 9.90 Å². The molecule has 4 nitrogen and oxygen atoms in total. The highest BCUT2D eigenvalue weighted by molar-refractivity contribution is 7.99. The molecule has 2 rings (SSSR count). The normalized spacial score (nSPS) is 16.9. The van der Waals surface area contributed by atoms with Crippen LogP contribution in [-0.4, -0.2) is 29.1 Å². The number of hydrogen-bond donors (Lipinski definition) is 2. The zero-order valence-corrected chi connectivity index (χ0v) is 17.1. The topological polar surface area (TPSA) is 58.6 Å². The van der Waals surface area contributed by atoms with Crippen LogP contribution in [0.2, 0.25) is 0 Å². The first-order chi connectivity index (χ1) is 12.3. The summed E-state index contributed by atoms with van der Waals surface area (Å²) in [5.41, 5.74) is 0.400. The summed E-state index contributed by atoms with van der Waals surface area (Å²) in [5, 5.41) is 13.1. The van der Waals surface area contributed by atoms with Crippen LogP contribution in [-0.2, 0) is 4.74 Å². The van der Waals surface area contributed by atoms with Gasteiger partial charge in [0.05, 0.1) is 6.10 Å². The number of benzene rings is 1. The second kappa shape index (κ2) is 10.2. The van der Waals surface area contributed by atoms with E-state index < -0.39 is 17.8 Å². The number of aliphatic hydroxyl groups is 1. The standard InChI is InChI=1S/C21H33NO3S/c1-21(2,3)25-20(24)22-13-12-19(23)17-10-7-11-18(14-17)26-15-16-8-5-4-6-9-16/h7,10-11,14,16,19,23H,4-6,8-9,12-13,15H2,1-3H3,(H,22,24). The molecule has 1 aliphatic rings. The number of hydrogen-bond acceptors (Lipinski definition) is 4. The van der Waals surface area contributed by atoms with E-state index in [0.29, 0.717) is 13.0 Å². The first-order valence-corrected chi connectivity index (χ1v) is 10.7. The number of thioether (sulfide) groups is 1. The molecule has 1 aromatic rings. The van der Waals surface area contributed by atoms with Crippen LogP contribution in [0.4, 0.5) is 4.79 Å². The van der Waals surface area contributed by atoms with Crippen LogP contribution in [0.1, 0.15) is 71.0 Å². The Kier molecular flexibility index (Phi) is 8.29. The fraction of sp³-hybridized carbons (Fsp3) is 0.667. The van der Waals surface area contributed by atoms with E-state index in [2.05, 4.69) is 17.4 Å². The second-order valence-electron chi connectivity index (χ2n) is 8.12. The molecule has 0 saturated heterocycles. The van der Waals surface area contributed by atoms with Crippen molar-refractivity contribution in [2.75, 3.05) is 12.3 Å². The highest BCUT2D eigenvalue weighted by Gasteiger charge is 2.17. The minimum Gasteiger partial charge on any atom is -0.444 e. The summed E-state index contributed by atoms with van der Waals surface area (Å²) in [6, 6.07) is 8.14. The molecule has 1 unspecified atom stereocenters. The fourth-order valence-corrected chi connectivity index (χ4v) is 4.33. The molecule has 0 heterocycles. The van der Waals surface area contributed by atoms with Crippen LogP contribution in [0.15, 0.2) is 29.2 Å². The third-order valence-corrected chi connectivity index (χ3v) is 5.76. The van der Waals surface area contributed by atoms with Gasteiger partial charge in [-0.2, -0.15) is 0 Å². The highest BCUT2D eigenvalue weighted by atomic mass is 32.2. The van der Waals surface area contributed by atoms with E-state index in [4.69, 9.17) is 4.74 Å². The van der Waals surface area contributed by atoms with Gasteiger partial charge < -0.3 is 15.2 Å². The molecule has 2 N–H and O–H groups in total.